The second-order valence-corrected chi connectivity index (χ2v) is 6.88. The molecule has 0 saturated carbocycles. The zero-order valence-electron chi connectivity index (χ0n) is 14.0. The molecule has 1 aromatic carbocycles. The highest BCUT2D eigenvalue weighted by atomic mass is 35.5. The van der Waals surface area contributed by atoms with E-state index in [-0.39, 0.29) is 36.4 Å². The van der Waals surface area contributed by atoms with Crippen molar-refractivity contribution in [3.63, 3.8) is 0 Å². The molecule has 2 rings (SSSR count). The van der Waals surface area contributed by atoms with Crippen molar-refractivity contribution in [2.24, 2.45) is 0 Å². The third-order valence-corrected chi connectivity index (χ3v) is 4.72. The predicted molar refractivity (Wildman–Crippen MR) is 92.2 cm³/mol. The van der Waals surface area contributed by atoms with E-state index in [0.717, 1.165) is 24.8 Å². The number of hydrogen-bond donors (Lipinski definition) is 1. The molecule has 0 radical (unpaired) electrons. The summed E-state index contributed by atoms with van der Waals surface area (Å²) >= 11 is 6.05. The third-order valence-electron chi connectivity index (χ3n) is 4.49. The van der Waals surface area contributed by atoms with E-state index in [0.29, 0.717) is 5.02 Å². The molecule has 1 saturated heterocycles. The van der Waals surface area contributed by atoms with E-state index >= 15 is 0 Å². The number of nitrogens with zero attached hydrogens (tertiary/aromatic N) is 1. The standard InChI is InChI=1S/C18H25ClN2O2/c1-12-6-4-7-13(2)21(12)18(23)11-17(20-14(3)22)15-8-5-9-16(19)10-15/h5,8-10,12-13,17H,4,6-7,11H2,1-3H3,(H,20,22). The van der Waals surface area contributed by atoms with Crippen LogP contribution >= 0.6 is 11.6 Å². The molecule has 0 aromatic heterocycles. The number of carbonyl (C=O) groups is 2. The number of halogens is 1. The predicted octanol–water partition coefficient (Wildman–Crippen LogP) is 3.70. The zero-order chi connectivity index (χ0) is 17.0. The lowest BCUT2D eigenvalue weighted by Gasteiger charge is -2.39. The molecule has 3 unspecified atom stereocenters. The van der Waals surface area contributed by atoms with Crippen LogP contribution in [0.1, 0.15) is 58.1 Å². The molecule has 4 nitrogen and oxygen atoms in total. The van der Waals surface area contributed by atoms with E-state index in [1.54, 1.807) is 12.1 Å². The lowest BCUT2D eigenvalue weighted by molar-refractivity contribution is -0.138. The largest absolute Gasteiger partial charge is 0.349 e. The first kappa shape index (κ1) is 17.8. The molecular formula is C18H25ClN2O2. The maximum atomic E-state index is 12.8. The van der Waals surface area contributed by atoms with Crippen molar-refractivity contribution in [1.29, 1.82) is 0 Å². The maximum Gasteiger partial charge on any atom is 0.225 e. The van der Waals surface area contributed by atoms with Gasteiger partial charge < -0.3 is 10.2 Å². The quantitative estimate of drug-likeness (QED) is 0.911. The molecule has 0 spiro atoms. The van der Waals surface area contributed by atoms with Crippen LogP contribution in [0, 0.1) is 0 Å². The minimum atomic E-state index is -0.347. The molecule has 1 heterocycles. The Morgan fingerprint density at radius 1 is 1.30 bits per heavy atom. The summed E-state index contributed by atoms with van der Waals surface area (Å²) in [5.41, 5.74) is 0.860. The first-order valence-electron chi connectivity index (χ1n) is 8.22. The minimum Gasteiger partial charge on any atom is -0.349 e. The van der Waals surface area contributed by atoms with Gasteiger partial charge in [0.15, 0.2) is 0 Å². The van der Waals surface area contributed by atoms with Crippen molar-refractivity contribution >= 4 is 23.4 Å². The smallest absolute Gasteiger partial charge is 0.225 e. The Kier molecular flexibility index (Phi) is 6.05. The summed E-state index contributed by atoms with van der Waals surface area (Å²) in [6.45, 7) is 5.66. The number of amides is 2. The van der Waals surface area contributed by atoms with Gasteiger partial charge in [-0.05, 0) is 50.8 Å². The van der Waals surface area contributed by atoms with Crippen molar-refractivity contribution in [1.82, 2.24) is 10.2 Å². The Balaban J connectivity index is 2.16. The summed E-state index contributed by atoms with van der Waals surface area (Å²) < 4.78 is 0. The van der Waals surface area contributed by atoms with Crippen LogP contribution in [0.5, 0.6) is 0 Å². The second-order valence-electron chi connectivity index (χ2n) is 6.44. The average molecular weight is 337 g/mol. The van der Waals surface area contributed by atoms with Crippen LogP contribution in [-0.2, 0) is 9.59 Å². The van der Waals surface area contributed by atoms with E-state index in [2.05, 4.69) is 19.2 Å². The topological polar surface area (TPSA) is 49.4 Å². The van der Waals surface area contributed by atoms with E-state index in [1.807, 2.05) is 17.0 Å². The van der Waals surface area contributed by atoms with Crippen LogP contribution in [0.25, 0.3) is 0 Å². The third kappa shape index (κ3) is 4.71. The first-order chi connectivity index (χ1) is 10.9. The molecule has 5 heteroatoms. The fourth-order valence-corrected chi connectivity index (χ4v) is 3.61. The van der Waals surface area contributed by atoms with Gasteiger partial charge in [0.1, 0.15) is 0 Å². The van der Waals surface area contributed by atoms with Crippen molar-refractivity contribution < 1.29 is 9.59 Å². The number of rotatable bonds is 4. The molecule has 3 atom stereocenters. The molecular weight excluding hydrogens is 312 g/mol. The molecule has 1 aromatic rings. The highest BCUT2D eigenvalue weighted by Crippen LogP contribution is 2.27. The molecule has 0 bridgehead atoms. The number of hydrogen-bond acceptors (Lipinski definition) is 2. The Morgan fingerprint density at radius 2 is 1.96 bits per heavy atom. The normalized spacial score (nSPS) is 22.5. The monoisotopic (exact) mass is 336 g/mol. The maximum absolute atomic E-state index is 12.8. The average Bonchev–Trinajstić information content (AvgIpc) is 2.46. The number of likely N-dealkylation sites (tertiary alicyclic amines) is 1. The molecule has 1 fully saturated rings. The van der Waals surface area contributed by atoms with Crippen LogP contribution < -0.4 is 5.32 Å². The summed E-state index contributed by atoms with van der Waals surface area (Å²) in [5.74, 6) is -0.0639. The lowest BCUT2D eigenvalue weighted by Crippen LogP contribution is -2.48. The van der Waals surface area contributed by atoms with Gasteiger partial charge in [-0.3, -0.25) is 9.59 Å². The summed E-state index contributed by atoms with van der Waals surface area (Å²) in [6, 6.07) is 7.48. The SMILES string of the molecule is CC(=O)NC(CC(=O)N1C(C)CCCC1C)c1cccc(Cl)c1. The number of carbonyl (C=O) groups excluding carboxylic acids is 2. The van der Waals surface area contributed by atoms with Gasteiger partial charge in [0.2, 0.25) is 11.8 Å². The Bertz CT molecular complexity index is 566. The van der Waals surface area contributed by atoms with Gasteiger partial charge in [0.05, 0.1) is 12.5 Å². The first-order valence-corrected chi connectivity index (χ1v) is 8.60. The van der Waals surface area contributed by atoms with E-state index in [1.165, 1.54) is 6.92 Å². The Morgan fingerprint density at radius 3 is 2.52 bits per heavy atom. The molecule has 2 amide bonds. The Hall–Kier alpha value is -1.55. The fourth-order valence-electron chi connectivity index (χ4n) is 3.41. The van der Waals surface area contributed by atoms with Crippen LogP contribution in [0.2, 0.25) is 5.02 Å². The summed E-state index contributed by atoms with van der Waals surface area (Å²) in [4.78, 5) is 26.3. The highest BCUT2D eigenvalue weighted by molar-refractivity contribution is 6.30. The van der Waals surface area contributed by atoms with Gasteiger partial charge >= 0.3 is 0 Å². The van der Waals surface area contributed by atoms with E-state index < -0.39 is 0 Å². The van der Waals surface area contributed by atoms with Crippen LogP contribution in [-0.4, -0.2) is 28.8 Å². The van der Waals surface area contributed by atoms with Crippen molar-refractivity contribution in [3.05, 3.63) is 34.9 Å². The molecule has 23 heavy (non-hydrogen) atoms. The van der Waals surface area contributed by atoms with E-state index in [9.17, 15) is 9.59 Å². The van der Waals surface area contributed by atoms with Crippen LogP contribution in [0.4, 0.5) is 0 Å². The molecule has 1 aliphatic heterocycles. The van der Waals surface area contributed by atoms with Gasteiger partial charge in [-0.2, -0.15) is 0 Å². The summed E-state index contributed by atoms with van der Waals surface area (Å²) in [6.07, 6.45) is 3.50. The fraction of sp³-hybridized carbons (Fsp3) is 0.556. The lowest BCUT2D eigenvalue weighted by atomic mass is 9.95. The van der Waals surface area contributed by atoms with Gasteiger partial charge in [0.25, 0.3) is 0 Å². The van der Waals surface area contributed by atoms with Crippen molar-refractivity contribution in [2.75, 3.05) is 0 Å². The highest BCUT2D eigenvalue weighted by Gasteiger charge is 2.30. The van der Waals surface area contributed by atoms with Gasteiger partial charge in [0, 0.05) is 24.0 Å². The van der Waals surface area contributed by atoms with Crippen molar-refractivity contribution in [3.8, 4) is 0 Å². The number of piperidine rings is 1. The molecule has 1 aliphatic rings. The zero-order valence-corrected chi connectivity index (χ0v) is 14.8. The van der Waals surface area contributed by atoms with Crippen LogP contribution in [0.3, 0.4) is 0 Å². The number of nitrogens with one attached hydrogen (secondary N) is 1. The molecule has 0 aliphatic carbocycles. The van der Waals surface area contributed by atoms with E-state index in [4.69, 9.17) is 11.6 Å². The molecule has 126 valence electrons. The van der Waals surface area contributed by atoms with Crippen molar-refractivity contribution in [2.45, 2.75) is 64.6 Å². The summed E-state index contributed by atoms with van der Waals surface area (Å²) in [5, 5.41) is 3.48. The Labute approximate surface area is 143 Å². The van der Waals surface area contributed by atoms with Crippen LogP contribution in [0.15, 0.2) is 24.3 Å². The van der Waals surface area contributed by atoms with Gasteiger partial charge in [-0.1, -0.05) is 23.7 Å². The number of benzene rings is 1. The molecule has 1 N–H and O–H groups in total. The van der Waals surface area contributed by atoms with Gasteiger partial charge in [-0.25, -0.2) is 0 Å². The summed E-state index contributed by atoms with van der Waals surface area (Å²) in [7, 11) is 0. The second kappa shape index (κ2) is 7.82. The minimum absolute atomic E-state index is 0.0865. The van der Waals surface area contributed by atoms with Gasteiger partial charge in [-0.15, -0.1) is 0 Å².